The third-order valence-corrected chi connectivity index (χ3v) is 2.25. The van der Waals surface area contributed by atoms with E-state index in [-0.39, 0.29) is 13.0 Å². The number of carbonyl (C=O) groups excluding carboxylic acids is 2. The molecule has 0 aliphatic heterocycles. The van der Waals surface area contributed by atoms with Gasteiger partial charge in [0.2, 0.25) is 5.67 Å². The van der Waals surface area contributed by atoms with Gasteiger partial charge in [0.1, 0.15) is 0 Å². The second-order valence-electron chi connectivity index (χ2n) is 3.16. The smallest absolute Gasteiger partial charge is 0.346 e. The highest BCUT2D eigenvalue weighted by atomic mass is 19.1. The first-order valence-corrected chi connectivity index (χ1v) is 4.16. The van der Waals surface area contributed by atoms with Gasteiger partial charge in [0.05, 0.1) is 13.7 Å². The van der Waals surface area contributed by atoms with Crippen LogP contribution in [0.15, 0.2) is 0 Å². The van der Waals surface area contributed by atoms with Gasteiger partial charge in [-0.25, -0.2) is 14.0 Å². The molecule has 2 unspecified atom stereocenters. The zero-order valence-corrected chi connectivity index (χ0v) is 8.00. The zero-order chi connectivity index (χ0) is 11.0. The summed E-state index contributed by atoms with van der Waals surface area (Å²) in [5, 5.41) is 0. The summed E-state index contributed by atoms with van der Waals surface area (Å²) in [5.74, 6) is -2.04. The summed E-state index contributed by atoms with van der Waals surface area (Å²) in [7, 11) is 1.08. The Morgan fingerprint density at radius 3 is 2.50 bits per heavy atom. The van der Waals surface area contributed by atoms with E-state index in [1.807, 2.05) is 0 Å². The van der Waals surface area contributed by atoms with Crippen molar-refractivity contribution in [3.8, 4) is 0 Å². The summed E-state index contributed by atoms with van der Waals surface area (Å²) in [5.41, 5.74) is 1.07. The third kappa shape index (κ3) is 1.26. The summed E-state index contributed by atoms with van der Waals surface area (Å²) in [6, 6.07) is 0. The van der Waals surface area contributed by atoms with E-state index < -0.39 is 23.1 Å². The molecule has 14 heavy (non-hydrogen) atoms. The highest BCUT2D eigenvalue weighted by Crippen LogP contribution is 2.50. The Balaban J connectivity index is 2.74. The van der Waals surface area contributed by atoms with Crippen LogP contribution in [0.2, 0.25) is 0 Å². The van der Waals surface area contributed by atoms with Gasteiger partial charge in [0, 0.05) is 6.42 Å². The van der Waals surface area contributed by atoms with Crippen molar-refractivity contribution in [2.75, 3.05) is 13.7 Å². The predicted molar refractivity (Wildman–Crippen MR) is 44.0 cm³/mol. The quantitative estimate of drug-likeness (QED) is 0.630. The lowest BCUT2D eigenvalue weighted by atomic mass is 10.2. The minimum Gasteiger partial charge on any atom is -0.468 e. The minimum absolute atomic E-state index is 0.0434. The lowest BCUT2D eigenvalue weighted by Gasteiger charge is -2.11. The molecule has 0 aromatic heterocycles. The molecule has 2 N–H and O–H groups in total. The first-order valence-electron chi connectivity index (χ1n) is 4.16. The number of nitrogens with two attached hydrogens (primary N) is 1. The van der Waals surface area contributed by atoms with Gasteiger partial charge < -0.3 is 15.2 Å². The third-order valence-electron chi connectivity index (χ3n) is 2.25. The highest BCUT2D eigenvalue weighted by Gasteiger charge is 2.78. The van der Waals surface area contributed by atoms with Gasteiger partial charge in [-0.3, -0.25) is 0 Å². The Hall–Kier alpha value is -1.17. The van der Waals surface area contributed by atoms with Gasteiger partial charge in [-0.2, -0.15) is 0 Å². The van der Waals surface area contributed by atoms with Crippen LogP contribution in [0.25, 0.3) is 0 Å². The molecule has 1 aliphatic rings. The number of halogens is 1. The predicted octanol–water partition coefficient (Wildman–Crippen LogP) is -0.468. The van der Waals surface area contributed by atoms with E-state index in [0.29, 0.717) is 0 Å². The summed E-state index contributed by atoms with van der Waals surface area (Å²) >= 11 is 0. The topological polar surface area (TPSA) is 78.6 Å². The van der Waals surface area contributed by atoms with Crippen LogP contribution < -0.4 is 5.73 Å². The van der Waals surface area contributed by atoms with E-state index in [0.717, 1.165) is 7.11 Å². The summed E-state index contributed by atoms with van der Waals surface area (Å²) < 4.78 is 22.4. The van der Waals surface area contributed by atoms with E-state index in [9.17, 15) is 14.0 Å². The van der Waals surface area contributed by atoms with Crippen molar-refractivity contribution in [3.63, 3.8) is 0 Å². The van der Waals surface area contributed by atoms with Gasteiger partial charge in [0.25, 0.3) is 0 Å². The Morgan fingerprint density at radius 2 is 2.07 bits per heavy atom. The molecule has 0 radical (unpaired) electrons. The van der Waals surface area contributed by atoms with E-state index in [4.69, 9.17) is 5.73 Å². The van der Waals surface area contributed by atoms with E-state index in [1.165, 1.54) is 0 Å². The number of rotatable bonds is 3. The maximum Gasteiger partial charge on any atom is 0.346 e. The highest BCUT2D eigenvalue weighted by molar-refractivity contribution is 6.00. The molecule has 0 amide bonds. The van der Waals surface area contributed by atoms with Crippen LogP contribution in [-0.2, 0) is 19.1 Å². The molecule has 2 atom stereocenters. The summed E-state index contributed by atoms with van der Waals surface area (Å²) in [4.78, 5) is 22.1. The van der Waals surface area contributed by atoms with E-state index in [1.54, 1.807) is 6.92 Å². The van der Waals surface area contributed by atoms with Crippen molar-refractivity contribution < 1.29 is 23.5 Å². The fourth-order valence-electron chi connectivity index (χ4n) is 1.26. The lowest BCUT2D eigenvalue weighted by molar-refractivity contribution is -0.156. The van der Waals surface area contributed by atoms with Gasteiger partial charge in [-0.05, 0) is 6.92 Å². The average molecular weight is 205 g/mol. The molecule has 6 heteroatoms. The van der Waals surface area contributed by atoms with Gasteiger partial charge in [-0.1, -0.05) is 0 Å². The molecule has 0 aromatic carbocycles. The summed E-state index contributed by atoms with van der Waals surface area (Å²) in [6.45, 7) is 1.59. The van der Waals surface area contributed by atoms with Crippen LogP contribution in [-0.4, -0.2) is 36.9 Å². The Kier molecular flexibility index (Phi) is 2.49. The van der Waals surface area contributed by atoms with Crippen molar-refractivity contribution in [2.24, 2.45) is 5.73 Å². The van der Waals surface area contributed by atoms with Crippen molar-refractivity contribution >= 4 is 11.9 Å². The molecule has 0 heterocycles. The molecule has 1 saturated carbocycles. The molecular weight excluding hydrogens is 193 g/mol. The largest absolute Gasteiger partial charge is 0.468 e. The Labute approximate surface area is 80.3 Å². The van der Waals surface area contributed by atoms with E-state index >= 15 is 0 Å². The second-order valence-corrected chi connectivity index (χ2v) is 3.16. The van der Waals surface area contributed by atoms with Crippen molar-refractivity contribution in [1.82, 2.24) is 0 Å². The minimum atomic E-state index is -2.42. The fourth-order valence-corrected chi connectivity index (χ4v) is 1.26. The SMILES string of the molecule is CCOC(=O)C1(F)CC1(N)C(=O)OC. The Bertz CT molecular complexity index is 283. The molecule has 1 rings (SSSR count). The second kappa shape index (κ2) is 3.20. The van der Waals surface area contributed by atoms with Crippen LogP contribution in [0.3, 0.4) is 0 Å². The molecule has 1 aliphatic carbocycles. The summed E-state index contributed by atoms with van der Waals surface area (Å²) in [6.07, 6.45) is -0.383. The number of methoxy groups -OCH3 is 1. The Morgan fingerprint density at radius 1 is 1.50 bits per heavy atom. The maximum atomic E-state index is 13.7. The molecule has 0 spiro atoms. The fraction of sp³-hybridized carbons (Fsp3) is 0.750. The molecule has 1 fully saturated rings. The van der Waals surface area contributed by atoms with Crippen LogP contribution in [0, 0.1) is 0 Å². The van der Waals surface area contributed by atoms with Gasteiger partial charge in [-0.15, -0.1) is 0 Å². The number of hydrogen-bond acceptors (Lipinski definition) is 5. The zero-order valence-electron chi connectivity index (χ0n) is 8.00. The van der Waals surface area contributed by atoms with Gasteiger partial charge >= 0.3 is 11.9 Å². The van der Waals surface area contributed by atoms with Gasteiger partial charge in [0.15, 0.2) is 5.54 Å². The molecule has 0 bridgehead atoms. The van der Waals surface area contributed by atoms with Crippen molar-refractivity contribution in [2.45, 2.75) is 24.6 Å². The normalized spacial score (nSPS) is 34.9. The molecule has 0 aromatic rings. The molecule has 5 nitrogen and oxygen atoms in total. The van der Waals surface area contributed by atoms with Crippen LogP contribution in [0.4, 0.5) is 4.39 Å². The monoisotopic (exact) mass is 205 g/mol. The maximum absolute atomic E-state index is 13.7. The standard InChI is InChI=1S/C8H12FNO4/c1-3-14-5(11)7(9)4-8(7,10)6(12)13-2/h3-4,10H2,1-2H3. The van der Waals surface area contributed by atoms with Crippen molar-refractivity contribution in [1.29, 1.82) is 0 Å². The lowest BCUT2D eigenvalue weighted by Crippen LogP contribution is -2.45. The number of esters is 2. The van der Waals surface area contributed by atoms with Crippen LogP contribution in [0.5, 0.6) is 0 Å². The number of hydrogen-bond donors (Lipinski definition) is 1. The van der Waals surface area contributed by atoms with Crippen LogP contribution >= 0.6 is 0 Å². The number of alkyl halides is 1. The molecule has 0 saturated heterocycles. The van der Waals surface area contributed by atoms with Crippen LogP contribution in [0.1, 0.15) is 13.3 Å². The average Bonchev–Trinajstić information content (AvgIpc) is 2.72. The molecular formula is C8H12FNO4. The number of carbonyl (C=O) groups is 2. The van der Waals surface area contributed by atoms with Crippen molar-refractivity contribution in [3.05, 3.63) is 0 Å². The van der Waals surface area contributed by atoms with E-state index in [2.05, 4.69) is 9.47 Å². The first-order chi connectivity index (χ1) is 6.42. The number of ether oxygens (including phenoxy) is 2. The first kappa shape index (κ1) is 10.9. The molecule has 80 valence electrons.